The van der Waals surface area contributed by atoms with Crippen molar-refractivity contribution in [3.63, 3.8) is 0 Å². The van der Waals surface area contributed by atoms with E-state index in [-0.39, 0.29) is 6.42 Å². The average molecular weight is 946 g/mol. The Hall–Kier alpha value is -1.27. The third-order valence-corrected chi connectivity index (χ3v) is 13.8. The number of carbonyl (C=O) groups excluding carboxylic acids is 1. The summed E-state index contributed by atoms with van der Waals surface area (Å²) in [5, 5.41) is 99.1. The van der Waals surface area contributed by atoms with E-state index in [4.69, 9.17) is 14.2 Å². The number of hydrogen-bond donors (Lipinski definition) is 10. The van der Waals surface area contributed by atoms with E-state index in [0.29, 0.717) is 12.8 Å². The van der Waals surface area contributed by atoms with Crippen molar-refractivity contribution in [3.05, 3.63) is 12.2 Å². The number of hydrogen-bond acceptors (Lipinski definition) is 13. The molecule has 0 bridgehead atoms. The molecule has 0 aromatic carbocycles. The van der Waals surface area contributed by atoms with Gasteiger partial charge < -0.3 is 65.5 Å². The number of rotatable bonds is 41. The van der Waals surface area contributed by atoms with Crippen molar-refractivity contribution in [1.29, 1.82) is 0 Å². The molecule has 0 aromatic heterocycles. The Balaban J connectivity index is 1.87. The van der Waals surface area contributed by atoms with Gasteiger partial charge in [0.25, 0.3) is 0 Å². The van der Waals surface area contributed by atoms with Crippen LogP contribution in [0, 0.1) is 0 Å². The van der Waals surface area contributed by atoms with Crippen LogP contribution in [0.15, 0.2) is 12.2 Å². The lowest BCUT2D eigenvalue weighted by atomic mass is 9.87. The molecule has 2 fully saturated rings. The topological polar surface area (TPSA) is 239 Å². The summed E-state index contributed by atoms with van der Waals surface area (Å²) in [7, 11) is 0. The summed E-state index contributed by atoms with van der Waals surface area (Å²) in [5.74, 6) is -0.391. The second-order valence-electron chi connectivity index (χ2n) is 19.5. The number of carbonyl (C=O) groups is 1. The largest absolute Gasteiger partial charge is 0.394 e. The first kappa shape index (κ1) is 60.9. The summed E-state index contributed by atoms with van der Waals surface area (Å²) < 4.78 is 17.0. The number of allylic oxidation sites excluding steroid dienone is 1. The van der Waals surface area contributed by atoms with Crippen LogP contribution >= 0.6 is 0 Å². The smallest absolute Gasteiger partial charge is 0.220 e. The Labute approximate surface area is 399 Å². The molecule has 10 N–H and O–H groups in total. The van der Waals surface area contributed by atoms with Crippen LogP contribution in [0.3, 0.4) is 0 Å². The van der Waals surface area contributed by atoms with E-state index in [9.17, 15) is 50.8 Å². The van der Waals surface area contributed by atoms with Gasteiger partial charge in [-0.3, -0.25) is 4.79 Å². The van der Waals surface area contributed by atoms with E-state index in [2.05, 4.69) is 19.2 Å². The fourth-order valence-electron chi connectivity index (χ4n) is 9.38. The number of amides is 1. The average Bonchev–Trinajstić information content (AvgIpc) is 3.31. The van der Waals surface area contributed by atoms with Crippen LogP contribution in [0.5, 0.6) is 0 Å². The van der Waals surface area contributed by atoms with Crippen LogP contribution in [-0.4, -0.2) is 145 Å². The first-order valence-corrected chi connectivity index (χ1v) is 26.9. The van der Waals surface area contributed by atoms with Crippen LogP contribution in [0.4, 0.5) is 0 Å². The third kappa shape index (κ3) is 24.5. The van der Waals surface area contributed by atoms with Crippen molar-refractivity contribution in [1.82, 2.24) is 5.32 Å². The van der Waals surface area contributed by atoms with Crippen LogP contribution < -0.4 is 5.32 Å². The van der Waals surface area contributed by atoms with Gasteiger partial charge in [-0.15, -0.1) is 0 Å². The highest BCUT2D eigenvalue weighted by atomic mass is 16.7. The Bertz CT molecular complexity index is 1180. The maximum absolute atomic E-state index is 13.3. The number of aliphatic hydroxyl groups excluding tert-OH is 9. The van der Waals surface area contributed by atoms with E-state index < -0.39 is 98.6 Å². The summed E-state index contributed by atoms with van der Waals surface area (Å²) >= 11 is 0. The lowest BCUT2D eigenvalue weighted by Crippen LogP contribution is -2.68. The number of ether oxygens (including phenoxy) is 3. The van der Waals surface area contributed by atoms with E-state index in [1.165, 1.54) is 154 Å². The lowest BCUT2D eigenvalue weighted by molar-refractivity contribution is -0.345. The van der Waals surface area contributed by atoms with Gasteiger partial charge in [-0.2, -0.15) is 0 Å². The molecule has 2 saturated heterocycles. The molecular weight excluding hydrogens is 847 g/mol. The molecule has 2 unspecified atom stereocenters. The van der Waals surface area contributed by atoms with Gasteiger partial charge in [0.15, 0.2) is 6.29 Å². The summed E-state index contributed by atoms with van der Waals surface area (Å²) in [4.78, 5) is 13.3. The summed E-state index contributed by atoms with van der Waals surface area (Å²) in [6.07, 6.45) is 21.3. The molecule has 0 saturated carbocycles. The summed E-state index contributed by atoms with van der Waals surface area (Å²) in [6.45, 7) is 2.98. The Morgan fingerprint density at radius 1 is 0.530 bits per heavy atom. The quantitative estimate of drug-likeness (QED) is 0.0221. The van der Waals surface area contributed by atoms with Gasteiger partial charge in [0.1, 0.15) is 61.0 Å². The van der Waals surface area contributed by atoms with Crippen molar-refractivity contribution >= 4 is 5.91 Å². The van der Waals surface area contributed by atoms with Gasteiger partial charge in [0, 0.05) is 6.42 Å². The molecule has 0 aromatic rings. The van der Waals surface area contributed by atoms with Crippen LogP contribution in [-0.2, 0) is 19.0 Å². The predicted octanol–water partition coefficient (Wildman–Crippen LogP) is 6.94. The molecule has 14 nitrogen and oxygen atoms in total. The molecule has 390 valence electrons. The van der Waals surface area contributed by atoms with Crippen LogP contribution in [0.25, 0.3) is 0 Å². The molecule has 1 amide bonds. The van der Waals surface area contributed by atoms with Gasteiger partial charge in [-0.25, -0.2) is 0 Å². The minimum Gasteiger partial charge on any atom is -0.394 e. The lowest BCUT2D eigenvalue weighted by Gasteiger charge is -2.47. The van der Waals surface area contributed by atoms with Crippen LogP contribution in [0.2, 0.25) is 0 Å². The highest BCUT2D eigenvalue weighted by Gasteiger charge is 2.53. The SMILES string of the molecule is CCCCCCCCCCCCC/C=C/[C@@H](O)[C@@H](NC(=O)CCCCCCCCCCCCCCCCCCCCC)C(O)C1O[C@H](CO)[C@@H](O[C@@H]2O[C@H](CO)[C@H](O)[C@H](O)[C@H]2O)[C@H](O)[C@H]1O. The highest BCUT2D eigenvalue weighted by molar-refractivity contribution is 5.76. The normalized spacial score (nSPS) is 27.3. The monoisotopic (exact) mass is 946 g/mol. The molecule has 13 atom stereocenters. The predicted molar refractivity (Wildman–Crippen MR) is 259 cm³/mol. The number of nitrogens with one attached hydrogen (secondary N) is 1. The molecule has 2 heterocycles. The Kier molecular flexibility index (Phi) is 35.5. The van der Waals surface area contributed by atoms with Gasteiger partial charge in [0.05, 0.1) is 25.4 Å². The van der Waals surface area contributed by atoms with E-state index in [0.717, 1.165) is 38.5 Å². The number of aliphatic hydroxyl groups is 9. The van der Waals surface area contributed by atoms with E-state index in [1.54, 1.807) is 0 Å². The molecule has 2 rings (SSSR count). The summed E-state index contributed by atoms with van der Waals surface area (Å²) in [6, 6.07) is -1.35. The standard InChI is InChI=1S/C52H99NO13/c1-3-5-7-9-11-13-15-17-18-19-20-21-22-24-26-28-30-32-34-36-42(57)53-43(39(56)35-33-31-29-27-25-23-16-14-12-10-8-6-4-2)45(59)51-48(62)47(61)50(41(38-55)64-51)66-52-49(63)46(60)44(58)40(37-54)65-52/h33,35,39-41,43-52,54-56,58-63H,3-32,34,36-38H2,1-2H3,(H,53,57)/b35-33+/t39-,40-,41-,43-,44+,45?,46+,47-,48-,49-,50-,51?,52+/m1/s1. The third-order valence-electron chi connectivity index (χ3n) is 13.8. The fourth-order valence-corrected chi connectivity index (χ4v) is 9.38. The molecule has 14 heteroatoms. The summed E-state index contributed by atoms with van der Waals surface area (Å²) in [5.41, 5.74) is 0. The second-order valence-corrected chi connectivity index (χ2v) is 19.5. The first-order valence-electron chi connectivity index (χ1n) is 26.9. The molecule has 2 aliphatic rings. The highest BCUT2D eigenvalue weighted by Crippen LogP contribution is 2.31. The second kappa shape index (κ2) is 38.5. The maximum atomic E-state index is 13.3. The maximum Gasteiger partial charge on any atom is 0.220 e. The van der Waals surface area contributed by atoms with E-state index in [1.807, 2.05) is 6.08 Å². The zero-order valence-corrected chi connectivity index (χ0v) is 41.4. The number of unbranched alkanes of at least 4 members (excludes halogenated alkanes) is 29. The molecule has 0 aliphatic carbocycles. The molecule has 0 spiro atoms. The van der Waals surface area contributed by atoms with Gasteiger partial charge in [-0.05, 0) is 19.3 Å². The van der Waals surface area contributed by atoms with Crippen molar-refractivity contribution in [2.45, 2.75) is 299 Å². The molecular formula is C52H99NO13. The Morgan fingerprint density at radius 3 is 1.39 bits per heavy atom. The van der Waals surface area contributed by atoms with Gasteiger partial charge in [0.2, 0.25) is 5.91 Å². The zero-order chi connectivity index (χ0) is 48.4. The van der Waals surface area contributed by atoms with Crippen molar-refractivity contribution in [2.75, 3.05) is 13.2 Å². The minimum absolute atomic E-state index is 0.169. The van der Waals surface area contributed by atoms with E-state index >= 15 is 0 Å². The fraction of sp³-hybridized carbons (Fsp3) is 0.942. The molecule has 2 aliphatic heterocycles. The van der Waals surface area contributed by atoms with Gasteiger partial charge >= 0.3 is 0 Å². The molecule has 0 radical (unpaired) electrons. The minimum atomic E-state index is -1.87. The van der Waals surface area contributed by atoms with Gasteiger partial charge in [-0.1, -0.05) is 206 Å². The van der Waals surface area contributed by atoms with Crippen molar-refractivity contribution in [2.24, 2.45) is 0 Å². The Morgan fingerprint density at radius 2 is 0.955 bits per heavy atom. The molecule has 66 heavy (non-hydrogen) atoms. The van der Waals surface area contributed by atoms with Crippen LogP contribution in [0.1, 0.15) is 219 Å². The van der Waals surface area contributed by atoms with Crippen molar-refractivity contribution < 1.29 is 65.0 Å². The first-order chi connectivity index (χ1) is 32.0. The zero-order valence-electron chi connectivity index (χ0n) is 41.4. The van der Waals surface area contributed by atoms with Crippen molar-refractivity contribution in [3.8, 4) is 0 Å².